The molecule has 0 unspecified atom stereocenters. The van der Waals surface area contributed by atoms with E-state index >= 15 is 0 Å². The number of rotatable bonds is 5. The van der Waals surface area contributed by atoms with Crippen molar-refractivity contribution in [2.75, 3.05) is 13.1 Å². The van der Waals surface area contributed by atoms with Crippen LogP contribution < -0.4 is 5.73 Å². The molecule has 4 heteroatoms. The van der Waals surface area contributed by atoms with Crippen molar-refractivity contribution in [1.29, 1.82) is 0 Å². The molecule has 0 spiro atoms. The van der Waals surface area contributed by atoms with Crippen molar-refractivity contribution in [1.82, 2.24) is 4.90 Å². The van der Waals surface area contributed by atoms with Crippen molar-refractivity contribution < 1.29 is 4.79 Å². The first-order valence-corrected chi connectivity index (χ1v) is 7.22. The molecule has 0 aromatic heterocycles. The number of aryl methyl sites for hydroxylation is 2. The van der Waals surface area contributed by atoms with E-state index in [4.69, 9.17) is 18.0 Å². The largest absolute Gasteiger partial charge is 0.393 e. The summed E-state index contributed by atoms with van der Waals surface area (Å²) in [6.07, 6.45) is 4.02. The molecule has 0 bridgehead atoms. The van der Waals surface area contributed by atoms with Crippen molar-refractivity contribution in [2.24, 2.45) is 5.73 Å². The Kier molecular flexibility index (Phi) is 4.53. The summed E-state index contributed by atoms with van der Waals surface area (Å²) in [5.41, 5.74) is 9.01. The zero-order valence-electron chi connectivity index (χ0n) is 11.3. The van der Waals surface area contributed by atoms with E-state index in [2.05, 4.69) is 6.07 Å². The van der Waals surface area contributed by atoms with Crippen LogP contribution in [0.2, 0.25) is 0 Å². The smallest absolute Gasteiger partial charge is 0.253 e. The van der Waals surface area contributed by atoms with Gasteiger partial charge in [-0.2, -0.15) is 0 Å². The Morgan fingerprint density at radius 2 is 2.11 bits per heavy atom. The maximum atomic E-state index is 12.4. The van der Waals surface area contributed by atoms with Crippen LogP contribution in [-0.4, -0.2) is 28.9 Å². The second-order valence-corrected chi connectivity index (χ2v) is 5.46. The molecule has 19 heavy (non-hydrogen) atoms. The molecule has 0 saturated carbocycles. The molecule has 0 atom stereocenters. The number of nitrogens with two attached hydrogens (primary N) is 1. The third kappa shape index (κ3) is 3.32. The normalized spacial score (nSPS) is 13.1. The van der Waals surface area contributed by atoms with Gasteiger partial charge in [-0.15, -0.1) is 0 Å². The number of thiocarbonyl (C=S) groups is 1. The molecule has 3 nitrogen and oxygen atoms in total. The Morgan fingerprint density at radius 3 is 2.79 bits per heavy atom. The first kappa shape index (κ1) is 14.0. The average Bonchev–Trinajstić information content (AvgIpc) is 2.85. The predicted molar refractivity (Wildman–Crippen MR) is 81.4 cm³/mol. The van der Waals surface area contributed by atoms with Crippen LogP contribution in [0.4, 0.5) is 0 Å². The van der Waals surface area contributed by atoms with E-state index in [1.165, 1.54) is 17.5 Å². The molecule has 2 N–H and O–H groups in total. The molecule has 1 aliphatic rings. The SMILES string of the molecule is CCN(CCC(N)=S)C(=O)c1ccc2c(c1)CCC2. The summed E-state index contributed by atoms with van der Waals surface area (Å²) < 4.78 is 0. The molecule has 1 amide bonds. The summed E-state index contributed by atoms with van der Waals surface area (Å²) in [5.74, 6) is 0.0773. The number of hydrogen-bond acceptors (Lipinski definition) is 2. The first-order chi connectivity index (χ1) is 9.11. The van der Waals surface area contributed by atoms with Crippen LogP contribution in [0.3, 0.4) is 0 Å². The zero-order valence-corrected chi connectivity index (χ0v) is 12.1. The molecular weight excluding hydrogens is 256 g/mol. The molecule has 1 aromatic carbocycles. The van der Waals surface area contributed by atoms with Gasteiger partial charge in [0.15, 0.2) is 0 Å². The third-order valence-electron chi connectivity index (χ3n) is 3.64. The van der Waals surface area contributed by atoms with Crippen LogP contribution in [0.1, 0.15) is 41.3 Å². The van der Waals surface area contributed by atoms with Gasteiger partial charge < -0.3 is 10.6 Å². The standard InChI is InChI=1S/C15H20N2OS/c1-2-17(9-8-14(16)19)15(18)13-7-6-11-4-3-5-12(11)10-13/h6-7,10H,2-5,8-9H2,1H3,(H2,16,19). The van der Waals surface area contributed by atoms with Gasteiger partial charge in [0.05, 0.1) is 4.99 Å². The topological polar surface area (TPSA) is 46.3 Å². The van der Waals surface area contributed by atoms with Crippen LogP contribution in [0.5, 0.6) is 0 Å². The summed E-state index contributed by atoms with van der Waals surface area (Å²) in [6, 6.07) is 6.08. The summed E-state index contributed by atoms with van der Waals surface area (Å²) in [4.78, 5) is 14.7. The maximum absolute atomic E-state index is 12.4. The molecule has 0 radical (unpaired) electrons. The fraction of sp³-hybridized carbons (Fsp3) is 0.467. The van der Waals surface area contributed by atoms with E-state index in [-0.39, 0.29) is 5.91 Å². The van der Waals surface area contributed by atoms with E-state index in [9.17, 15) is 4.79 Å². The van der Waals surface area contributed by atoms with Gasteiger partial charge in [-0.1, -0.05) is 18.3 Å². The summed E-state index contributed by atoms with van der Waals surface area (Å²) in [5, 5.41) is 0. The number of nitrogens with zero attached hydrogens (tertiary/aromatic N) is 1. The van der Waals surface area contributed by atoms with Crippen molar-refractivity contribution in [3.63, 3.8) is 0 Å². The molecule has 0 saturated heterocycles. The first-order valence-electron chi connectivity index (χ1n) is 6.81. The number of carbonyl (C=O) groups excluding carboxylic acids is 1. The van der Waals surface area contributed by atoms with Gasteiger partial charge in [0, 0.05) is 25.1 Å². The monoisotopic (exact) mass is 276 g/mol. The molecule has 102 valence electrons. The van der Waals surface area contributed by atoms with Crippen LogP contribution >= 0.6 is 12.2 Å². The zero-order chi connectivity index (χ0) is 13.8. The Bertz CT molecular complexity index is 499. The van der Waals surface area contributed by atoms with E-state index in [1.54, 1.807) is 4.90 Å². The highest BCUT2D eigenvalue weighted by Gasteiger charge is 2.17. The molecule has 1 aliphatic carbocycles. The average molecular weight is 276 g/mol. The minimum atomic E-state index is 0.0773. The van der Waals surface area contributed by atoms with E-state index in [0.717, 1.165) is 18.4 Å². The molecule has 2 rings (SSSR count). The number of hydrogen-bond donors (Lipinski definition) is 1. The van der Waals surface area contributed by atoms with E-state index < -0.39 is 0 Å². The molecule has 0 heterocycles. The number of amides is 1. The van der Waals surface area contributed by atoms with Crippen LogP contribution in [-0.2, 0) is 12.8 Å². The van der Waals surface area contributed by atoms with Gasteiger partial charge in [-0.05, 0) is 49.4 Å². The van der Waals surface area contributed by atoms with Crippen molar-refractivity contribution in [3.8, 4) is 0 Å². The molecule has 0 aliphatic heterocycles. The van der Waals surface area contributed by atoms with Crippen LogP contribution in [0, 0.1) is 0 Å². The minimum Gasteiger partial charge on any atom is -0.393 e. The van der Waals surface area contributed by atoms with Crippen molar-refractivity contribution in [3.05, 3.63) is 34.9 Å². The summed E-state index contributed by atoms with van der Waals surface area (Å²) >= 11 is 4.87. The number of fused-ring (bicyclic) bond motifs is 1. The van der Waals surface area contributed by atoms with Crippen LogP contribution in [0.15, 0.2) is 18.2 Å². The Labute approximate surface area is 119 Å². The fourth-order valence-electron chi connectivity index (χ4n) is 2.54. The maximum Gasteiger partial charge on any atom is 0.253 e. The Hall–Kier alpha value is -1.42. The highest BCUT2D eigenvalue weighted by Crippen LogP contribution is 2.23. The van der Waals surface area contributed by atoms with Crippen molar-refractivity contribution in [2.45, 2.75) is 32.6 Å². The lowest BCUT2D eigenvalue weighted by atomic mass is 10.1. The second kappa shape index (κ2) is 6.15. The Morgan fingerprint density at radius 1 is 1.37 bits per heavy atom. The number of carbonyl (C=O) groups is 1. The van der Waals surface area contributed by atoms with Gasteiger partial charge in [0.1, 0.15) is 0 Å². The van der Waals surface area contributed by atoms with Gasteiger partial charge in [-0.3, -0.25) is 4.79 Å². The highest BCUT2D eigenvalue weighted by molar-refractivity contribution is 7.80. The number of benzene rings is 1. The van der Waals surface area contributed by atoms with Gasteiger partial charge in [0.25, 0.3) is 5.91 Å². The lowest BCUT2D eigenvalue weighted by Crippen LogP contribution is -2.33. The molecular formula is C15H20N2OS. The van der Waals surface area contributed by atoms with Gasteiger partial charge in [0.2, 0.25) is 0 Å². The van der Waals surface area contributed by atoms with Gasteiger partial charge in [-0.25, -0.2) is 0 Å². The van der Waals surface area contributed by atoms with E-state index in [1.807, 2.05) is 19.1 Å². The fourth-order valence-corrected chi connectivity index (χ4v) is 2.63. The second-order valence-electron chi connectivity index (χ2n) is 4.94. The van der Waals surface area contributed by atoms with Gasteiger partial charge >= 0.3 is 0 Å². The third-order valence-corrected chi connectivity index (χ3v) is 3.85. The summed E-state index contributed by atoms with van der Waals surface area (Å²) in [6.45, 7) is 3.26. The Balaban J connectivity index is 2.11. The van der Waals surface area contributed by atoms with E-state index in [0.29, 0.717) is 24.5 Å². The molecule has 0 fully saturated rings. The quantitative estimate of drug-likeness (QED) is 0.840. The highest BCUT2D eigenvalue weighted by atomic mass is 32.1. The lowest BCUT2D eigenvalue weighted by molar-refractivity contribution is 0.0769. The summed E-state index contributed by atoms with van der Waals surface area (Å²) in [7, 11) is 0. The molecule has 1 aromatic rings. The lowest BCUT2D eigenvalue weighted by Gasteiger charge is -2.21. The predicted octanol–water partition coefficient (Wildman–Crippen LogP) is 2.31. The van der Waals surface area contributed by atoms with Crippen LogP contribution in [0.25, 0.3) is 0 Å². The minimum absolute atomic E-state index is 0.0773. The van der Waals surface area contributed by atoms with Crippen molar-refractivity contribution >= 4 is 23.1 Å².